The van der Waals surface area contributed by atoms with Crippen molar-refractivity contribution in [2.24, 2.45) is 0 Å². The predicted octanol–water partition coefficient (Wildman–Crippen LogP) is 3.89. The third kappa shape index (κ3) is 7.02. The van der Waals surface area contributed by atoms with Gasteiger partial charge in [0.05, 0.1) is 0 Å². The molecule has 1 N–H and O–H groups in total. The van der Waals surface area contributed by atoms with Crippen LogP contribution in [0.3, 0.4) is 0 Å². The lowest BCUT2D eigenvalue weighted by Gasteiger charge is -2.21. The number of carbonyl (C=O) groups excluding carboxylic acids is 1. The number of ether oxygens (including phenoxy) is 2. The maximum atomic E-state index is 11.5. The molecule has 112 valence electrons. The average Bonchev–Trinajstić information content (AvgIpc) is 2.23. The first-order valence-electron chi connectivity index (χ1n) is 6.78. The summed E-state index contributed by atoms with van der Waals surface area (Å²) >= 11 is 0. The minimum absolute atomic E-state index is 0.218. The molecule has 0 saturated carbocycles. The van der Waals surface area contributed by atoms with Gasteiger partial charge in [0.1, 0.15) is 18.0 Å². The van der Waals surface area contributed by atoms with E-state index in [4.69, 9.17) is 9.47 Å². The first kappa shape index (κ1) is 16.3. The van der Waals surface area contributed by atoms with E-state index < -0.39 is 6.09 Å². The highest BCUT2D eigenvalue weighted by atomic mass is 16.5. The molecule has 4 nitrogen and oxygen atoms in total. The third-order valence-corrected chi connectivity index (χ3v) is 2.19. The SMILES string of the molecule is CC(C)(C)NC(=O)OCc1ccc(OC(C)(C)C)cc1. The molecule has 0 spiro atoms. The Morgan fingerprint density at radius 1 is 1.05 bits per heavy atom. The zero-order chi connectivity index (χ0) is 15.4. The number of nitrogens with one attached hydrogen (secondary N) is 1. The van der Waals surface area contributed by atoms with Gasteiger partial charge in [0, 0.05) is 5.54 Å². The van der Waals surface area contributed by atoms with Crippen LogP contribution in [-0.2, 0) is 11.3 Å². The van der Waals surface area contributed by atoms with Crippen LogP contribution in [0, 0.1) is 0 Å². The van der Waals surface area contributed by atoms with Gasteiger partial charge in [-0.15, -0.1) is 0 Å². The second-order valence-corrected chi connectivity index (χ2v) is 6.81. The van der Waals surface area contributed by atoms with E-state index in [1.807, 2.05) is 65.8 Å². The summed E-state index contributed by atoms with van der Waals surface area (Å²) in [6, 6.07) is 7.55. The van der Waals surface area contributed by atoms with Crippen LogP contribution in [0.4, 0.5) is 4.79 Å². The molecule has 0 atom stereocenters. The third-order valence-electron chi connectivity index (χ3n) is 2.19. The molecule has 0 bridgehead atoms. The highest BCUT2D eigenvalue weighted by Crippen LogP contribution is 2.18. The van der Waals surface area contributed by atoms with Crippen LogP contribution in [-0.4, -0.2) is 17.2 Å². The standard InChI is InChI=1S/C16H25NO3/c1-15(2,3)17-14(18)19-11-12-7-9-13(10-8-12)20-16(4,5)6/h7-10H,11H2,1-6H3,(H,17,18). The Morgan fingerprint density at radius 3 is 2.05 bits per heavy atom. The molecular weight excluding hydrogens is 254 g/mol. The van der Waals surface area contributed by atoms with Gasteiger partial charge in [-0.3, -0.25) is 0 Å². The molecule has 0 aliphatic carbocycles. The maximum absolute atomic E-state index is 11.5. The minimum atomic E-state index is -0.410. The minimum Gasteiger partial charge on any atom is -0.488 e. The van der Waals surface area contributed by atoms with Gasteiger partial charge in [-0.05, 0) is 59.2 Å². The van der Waals surface area contributed by atoms with Crippen LogP contribution in [0.5, 0.6) is 5.75 Å². The van der Waals surface area contributed by atoms with Crippen molar-refractivity contribution in [3.05, 3.63) is 29.8 Å². The van der Waals surface area contributed by atoms with Gasteiger partial charge in [0.15, 0.2) is 0 Å². The summed E-state index contributed by atoms with van der Waals surface area (Å²) in [5.41, 5.74) is 0.418. The number of hydrogen-bond acceptors (Lipinski definition) is 3. The molecule has 4 heteroatoms. The highest BCUT2D eigenvalue weighted by molar-refractivity contribution is 5.68. The fourth-order valence-corrected chi connectivity index (χ4v) is 1.50. The second kappa shape index (κ2) is 6.16. The lowest BCUT2D eigenvalue weighted by molar-refractivity contribution is 0.129. The van der Waals surface area contributed by atoms with Gasteiger partial charge in [-0.25, -0.2) is 4.79 Å². The Kier molecular flexibility index (Phi) is 5.03. The summed E-state index contributed by atoms with van der Waals surface area (Å²) in [6.07, 6.45) is -0.410. The Bertz CT molecular complexity index is 438. The second-order valence-electron chi connectivity index (χ2n) is 6.81. The van der Waals surface area contributed by atoms with Crippen molar-refractivity contribution in [1.82, 2.24) is 5.32 Å². The Labute approximate surface area is 121 Å². The van der Waals surface area contributed by atoms with Crippen LogP contribution >= 0.6 is 0 Å². The fraction of sp³-hybridized carbons (Fsp3) is 0.562. The normalized spacial score (nSPS) is 11.9. The largest absolute Gasteiger partial charge is 0.488 e. The van der Waals surface area contributed by atoms with Gasteiger partial charge in [0.25, 0.3) is 0 Å². The topological polar surface area (TPSA) is 47.6 Å². The van der Waals surface area contributed by atoms with Crippen molar-refractivity contribution in [1.29, 1.82) is 0 Å². The van der Waals surface area contributed by atoms with E-state index >= 15 is 0 Å². The van der Waals surface area contributed by atoms with Crippen molar-refractivity contribution < 1.29 is 14.3 Å². The zero-order valence-corrected chi connectivity index (χ0v) is 13.2. The quantitative estimate of drug-likeness (QED) is 0.913. The molecule has 0 radical (unpaired) electrons. The summed E-state index contributed by atoms with van der Waals surface area (Å²) in [7, 11) is 0. The van der Waals surface area contributed by atoms with Crippen molar-refractivity contribution >= 4 is 6.09 Å². The van der Waals surface area contributed by atoms with Gasteiger partial charge >= 0.3 is 6.09 Å². The van der Waals surface area contributed by atoms with Crippen LogP contribution in [0.2, 0.25) is 0 Å². The van der Waals surface area contributed by atoms with E-state index in [9.17, 15) is 4.79 Å². The van der Waals surface area contributed by atoms with Crippen molar-refractivity contribution in [3.63, 3.8) is 0 Å². The number of hydrogen-bond donors (Lipinski definition) is 1. The maximum Gasteiger partial charge on any atom is 0.407 e. The van der Waals surface area contributed by atoms with E-state index in [2.05, 4.69) is 5.32 Å². The molecule has 1 rings (SSSR count). The fourth-order valence-electron chi connectivity index (χ4n) is 1.50. The Morgan fingerprint density at radius 2 is 1.60 bits per heavy atom. The van der Waals surface area contributed by atoms with Crippen molar-refractivity contribution in [2.45, 2.75) is 59.3 Å². The molecule has 0 heterocycles. The molecule has 20 heavy (non-hydrogen) atoms. The summed E-state index contributed by atoms with van der Waals surface area (Å²) in [6.45, 7) is 12.0. The van der Waals surface area contributed by atoms with Crippen LogP contribution < -0.4 is 10.1 Å². The van der Waals surface area contributed by atoms with Gasteiger partial charge in [-0.2, -0.15) is 0 Å². The number of amides is 1. The molecule has 1 aromatic rings. The van der Waals surface area contributed by atoms with Crippen LogP contribution in [0.1, 0.15) is 47.1 Å². The Hall–Kier alpha value is -1.71. The molecule has 1 amide bonds. The zero-order valence-electron chi connectivity index (χ0n) is 13.2. The van der Waals surface area contributed by atoms with Crippen molar-refractivity contribution in [2.75, 3.05) is 0 Å². The first-order chi connectivity index (χ1) is 9.05. The van der Waals surface area contributed by atoms with Gasteiger partial charge < -0.3 is 14.8 Å². The van der Waals surface area contributed by atoms with Gasteiger partial charge in [-0.1, -0.05) is 12.1 Å². The van der Waals surface area contributed by atoms with Crippen molar-refractivity contribution in [3.8, 4) is 5.75 Å². The van der Waals surface area contributed by atoms with E-state index in [1.165, 1.54) is 0 Å². The van der Waals surface area contributed by atoms with E-state index in [1.54, 1.807) is 0 Å². The summed E-state index contributed by atoms with van der Waals surface area (Å²) in [5.74, 6) is 0.806. The molecule has 0 saturated heterocycles. The molecular formula is C16H25NO3. The van der Waals surface area contributed by atoms with Crippen LogP contribution in [0.25, 0.3) is 0 Å². The molecule has 0 aliphatic rings. The average molecular weight is 279 g/mol. The number of rotatable bonds is 3. The number of carbonyl (C=O) groups is 1. The van der Waals surface area contributed by atoms with E-state index in [-0.39, 0.29) is 17.7 Å². The summed E-state index contributed by atoms with van der Waals surface area (Å²) < 4.78 is 10.9. The Balaban J connectivity index is 2.48. The number of alkyl carbamates (subject to hydrolysis) is 1. The number of benzene rings is 1. The van der Waals surface area contributed by atoms with E-state index in [0.29, 0.717) is 0 Å². The molecule has 0 fully saturated rings. The van der Waals surface area contributed by atoms with E-state index in [0.717, 1.165) is 11.3 Å². The molecule has 0 aromatic heterocycles. The lowest BCUT2D eigenvalue weighted by atomic mass is 10.1. The highest BCUT2D eigenvalue weighted by Gasteiger charge is 2.15. The monoisotopic (exact) mass is 279 g/mol. The predicted molar refractivity (Wildman–Crippen MR) is 79.9 cm³/mol. The van der Waals surface area contributed by atoms with Gasteiger partial charge in [0.2, 0.25) is 0 Å². The summed E-state index contributed by atoms with van der Waals surface area (Å²) in [4.78, 5) is 11.5. The molecule has 1 aromatic carbocycles. The van der Waals surface area contributed by atoms with Crippen LogP contribution in [0.15, 0.2) is 24.3 Å². The lowest BCUT2D eigenvalue weighted by Crippen LogP contribution is -2.40. The first-order valence-corrected chi connectivity index (χ1v) is 6.78. The smallest absolute Gasteiger partial charge is 0.407 e. The summed E-state index contributed by atoms with van der Waals surface area (Å²) in [5, 5.41) is 2.75. The molecule has 0 unspecified atom stereocenters. The molecule has 0 aliphatic heterocycles.